The van der Waals surface area contributed by atoms with Gasteiger partial charge in [-0.1, -0.05) is 33.3 Å². The van der Waals surface area contributed by atoms with Crippen LogP contribution in [0.4, 0.5) is 18.0 Å². The molecule has 0 bridgehead atoms. The van der Waals surface area contributed by atoms with Gasteiger partial charge in [0.05, 0.1) is 6.10 Å². The fourth-order valence-electron chi connectivity index (χ4n) is 9.32. The number of ketones is 1. The minimum Gasteiger partial charge on any atom is -0.431 e. The minimum atomic E-state index is -2.37. The number of halogens is 3. The quantitative estimate of drug-likeness (QED) is 0.404. The number of esters is 1. The van der Waals surface area contributed by atoms with E-state index in [0.717, 1.165) is 25.3 Å². The fraction of sp³-hybridized carbons (Fsp3) is 0.774. The molecule has 1 N–H and O–H groups in total. The molecule has 0 aliphatic heterocycles. The molecule has 0 heterocycles. The van der Waals surface area contributed by atoms with Crippen molar-refractivity contribution in [2.75, 3.05) is 6.86 Å². The van der Waals surface area contributed by atoms with E-state index in [1.54, 1.807) is 13.8 Å². The van der Waals surface area contributed by atoms with Crippen LogP contribution in [0.15, 0.2) is 23.8 Å². The molecule has 4 saturated carbocycles. The number of aliphatic hydroxyl groups excluding tert-OH is 1. The van der Waals surface area contributed by atoms with Crippen molar-refractivity contribution >= 4 is 17.9 Å². The van der Waals surface area contributed by atoms with Crippen molar-refractivity contribution in [2.45, 2.75) is 109 Å². The lowest BCUT2D eigenvalue weighted by atomic mass is 9.44. The van der Waals surface area contributed by atoms with E-state index in [1.807, 2.05) is 0 Å². The summed E-state index contributed by atoms with van der Waals surface area (Å²) in [6, 6.07) is 0. The Morgan fingerprint density at radius 2 is 1.80 bits per heavy atom. The summed E-state index contributed by atoms with van der Waals surface area (Å²) < 4.78 is 63.0. The predicted molar refractivity (Wildman–Crippen MR) is 142 cm³/mol. The number of fused-ring (bicyclic) bond motifs is 5. The Morgan fingerprint density at radius 1 is 1.12 bits per heavy atom. The fourth-order valence-corrected chi connectivity index (χ4v) is 9.32. The molecule has 0 spiro atoms. The molecule has 0 aromatic carbocycles. The van der Waals surface area contributed by atoms with Crippen LogP contribution in [-0.4, -0.2) is 59.5 Å². The van der Waals surface area contributed by atoms with Crippen molar-refractivity contribution in [1.29, 1.82) is 0 Å². The van der Waals surface area contributed by atoms with E-state index in [2.05, 4.69) is 6.92 Å². The lowest BCUT2D eigenvalue weighted by Crippen LogP contribution is -2.71. The van der Waals surface area contributed by atoms with E-state index in [0.29, 0.717) is 18.8 Å². The maximum absolute atomic E-state index is 17.5. The first-order valence-electron chi connectivity index (χ1n) is 14.9. The Labute approximate surface area is 238 Å². The van der Waals surface area contributed by atoms with Gasteiger partial charge in [0.1, 0.15) is 12.3 Å². The van der Waals surface area contributed by atoms with Crippen LogP contribution in [0.3, 0.4) is 0 Å². The van der Waals surface area contributed by atoms with Gasteiger partial charge in [-0.3, -0.25) is 4.79 Å². The number of ether oxygens (including phenoxy) is 3. The summed E-state index contributed by atoms with van der Waals surface area (Å²) in [5.74, 6) is -3.65. The Morgan fingerprint density at radius 3 is 2.44 bits per heavy atom. The molecule has 4 fully saturated rings. The summed E-state index contributed by atoms with van der Waals surface area (Å²) in [6.07, 6.45) is 2.34. The molecule has 5 aliphatic carbocycles. The third-order valence-corrected chi connectivity index (χ3v) is 11.5. The smallest absolute Gasteiger partial charge is 0.431 e. The lowest BCUT2D eigenvalue weighted by molar-refractivity contribution is -0.235. The van der Waals surface area contributed by atoms with E-state index >= 15 is 8.78 Å². The van der Waals surface area contributed by atoms with Crippen molar-refractivity contribution < 1.29 is 46.9 Å². The number of hydrogen-bond donors (Lipinski definition) is 1. The second-order valence-corrected chi connectivity index (χ2v) is 13.3. The molecular weight excluding hydrogens is 541 g/mol. The van der Waals surface area contributed by atoms with Gasteiger partial charge in [0, 0.05) is 22.7 Å². The SMILES string of the molecule is CC[C@H]1CC[C@H](OC(=O)O[C@]2(C(=O)OCF)[C@H](C)C[C@H]3[C@@H]4C[C@H](F)C5=CC(=O)C=C[C@]5(C)[C@@]4(F)[C@@H](O)C[C@@]32C)CC1. The maximum atomic E-state index is 17.5. The second-order valence-electron chi connectivity index (χ2n) is 13.3. The van der Waals surface area contributed by atoms with Crippen LogP contribution in [0.25, 0.3) is 0 Å². The van der Waals surface area contributed by atoms with Crippen LogP contribution in [-0.2, 0) is 23.8 Å². The zero-order valence-corrected chi connectivity index (χ0v) is 24.2. The molecule has 41 heavy (non-hydrogen) atoms. The molecule has 0 saturated heterocycles. The van der Waals surface area contributed by atoms with Gasteiger partial charge < -0.3 is 19.3 Å². The third kappa shape index (κ3) is 4.20. The largest absolute Gasteiger partial charge is 0.509 e. The summed E-state index contributed by atoms with van der Waals surface area (Å²) in [5, 5.41) is 11.6. The van der Waals surface area contributed by atoms with E-state index in [4.69, 9.17) is 14.2 Å². The molecule has 0 amide bonds. The van der Waals surface area contributed by atoms with Gasteiger partial charge in [0.2, 0.25) is 12.5 Å². The maximum Gasteiger partial charge on any atom is 0.509 e. The Hall–Kier alpha value is -2.36. The molecule has 5 rings (SSSR count). The van der Waals surface area contributed by atoms with Crippen LogP contribution in [0, 0.1) is 34.5 Å². The van der Waals surface area contributed by atoms with Crippen molar-refractivity contribution in [3.8, 4) is 0 Å². The highest BCUT2D eigenvalue weighted by atomic mass is 19.1. The normalized spacial score (nSPS) is 47.0. The highest BCUT2D eigenvalue weighted by molar-refractivity contribution is 6.01. The van der Waals surface area contributed by atoms with Gasteiger partial charge >= 0.3 is 12.1 Å². The van der Waals surface area contributed by atoms with E-state index in [9.17, 15) is 23.9 Å². The second kappa shape index (κ2) is 10.4. The number of rotatable bonds is 5. The van der Waals surface area contributed by atoms with Gasteiger partial charge in [-0.25, -0.2) is 22.8 Å². The number of carbonyl (C=O) groups excluding carboxylic acids is 3. The number of hydrogen-bond acceptors (Lipinski definition) is 7. The highest BCUT2D eigenvalue weighted by Crippen LogP contribution is 2.71. The highest BCUT2D eigenvalue weighted by Gasteiger charge is 2.79. The van der Waals surface area contributed by atoms with E-state index in [-0.39, 0.29) is 24.8 Å². The van der Waals surface area contributed by atoms with Gasteiger partial charge in [-0.2, -0.15) is 0 Å². The summed E-state index contributed by atoms with van der Waals surface area (Å²) in [6.45, 7) is 5.37. The number of alkyl halides is 3. The Balaban J connectivity index is 1.50. The van der Waals surface area contributed by atoms with Crippen LogP contribution in [0.1, 0.15) is 79.1 Å². The van der Waals surface area contributed by atoms with E-state index < -0.39 is 83.0 Å². The molecule has 9 atom stereocenters. The molecular formula is C31H41F3O7. The molecule has 7 nitrogen and oxygen atoms in total. The van der Waals surface area contributed by atoms with Crippen LogP contribution >= 0.6 is 0 Å². The standard InChI is InChI=1S/C31H41F3O7/c1-5-18-6-8-20(9-7-18)40-27(38)41-31(26(37)39-16-32)17(2)12-21-22-14-24(33)23-13-19(35)10-11-28(23,3)30(22,34)25(36)15-29(21,31)4/h10-11,13,17-18,20-22,24-25,36H,5-9,12,14-16H2,1-4H3/t17-,18-,20-,21+,22+,24+,25+,28+,29+,30+,31+/m1/s1. The molecule has 0 radical (unpaired) electrons. The summed E-state index contributed by atoms with van der Waals surface area (Å²) in [5.41, 5.74) is -7.51. The topological polar surface area (TPSA) is 99.1 Å². The minimum absolute atomic E-state index is 0.0156. The predicted octanol–water partition coefficient (Wildman–Crippen LogP) is 5.88. The zero-order chi connectivity index (χ0) is 30.0. The number of carbonyl (C=O) groups is 3. The summed E-state index contributed by atoms with van der Waals surface area (Å²) in [4.78, 5) is 38.9. The number of aliphatic hydroxyl groups is 1. The van der Waals surface area contributed by atoms with Crippen molar-refractivity contribution in [2.24, 2.45) is 34.5 Å². The lowest BCUT2D eigenvalue weighted by Gasteiger charge is -2.62. The first kappa shape index (κ1) is 30.1. The molecule has 5 aliphatic rings. The third-order valence-electron chi connectivity index (χ3n) is 11.5. The zero-order valence-electron chi connectivity index (χ0n) is 24.2. The molecule has 0 aromatic heterocycles. The van der Waals surface area contributed by atoms with Gasteiger partial charge in [-0.05, 0) is 81.4 Å². The van der Waals surface area contributed by atoms with Crippen LogP contribution < -0.4 is 0 Å². The average Bonchev–Trinajstić information content (AvgIpc) is 3.14. The number of allylic oxidation sites excluding steroid dienone is 4. The first-order valence-corrected chi connectivity index (χ1v) is 14.9. The van der Waals surface area contributed by atoms with Crippen molar-refractivity contribution in [3.05, 3.63) is 23.8 Å². The average molecular weight is 583 g/mol. The molecule has 228 valence electrons. The van der Waals surface area contributed by atoms with Gasteiger partial charge in [0.15, 0.2) is 11.5 Å². The summed E-state index contributed by atoms with van der Waals surface area (Å²) in [7, 11) is 0. The molecule has 0 unspecified atom stereocenters. The van der Waals surface area contributed by atoms with Crippen molar-refractivity contribution in [3.63, 3.8) is 0 Å². The van der Waals surface area contributed by atoms with Crippen molar-refractivity contribution in [1.82, 2.24) is 0 Å². The van der Waals surface area contributed by atoms with Gasteiger partial charge in [0.25, 0.3) is 0 Å². The first-order chi connectivity index (χ1) is 19.3. The van der Waals surface area contributed by atoms with E-state index in [1.165, 1.54) is 19.1 Å². The van der Waals surface area contributed by atoms with Crippen LogP contribution in [0.5, 0.6) is 0 Å². The van der Waals surface area contributed by atoms with Gasteiger partial charge in [-0.15, -0.1) is 0 Å². The monoisotopic (exact) mass is 582 g/mol. The molecule has 10 heteroatoms. The Kier molecular flexibility index (Phi) is 7.65. The van der Waals surface area contributed by atoms with Crippen LogP contribution in [0.2, 0.25) is 0 Å². The summed E-state index contributed by atoms with van der Waals surface area (Å²) >= 11 is 0. The Bertz CT molecular complexity index is 1150. The molecule has 0 aromatic rings.